The van der Waals surface area contributed by atoms with Gasteiger partial charge in [0.1, 0.15) is 0 Å². The Hall–Kier alpha value is -0.0151. The van der Waals surface area contributed by atoms with Crippen LogP contribution in [0.3, 0.4) is 0 Å². The minimum absolute atomic E-state index is 0.713. The van der Waals surface area contributed by atoms with Crippen LogP contribution in [0.15, 0.2) is 0 Å². The summed E-state index contributed by atoms with van der Waals surface area (Å²) in [5.41, 5.74) is 0. The maximum absolute atomic E-state index is 2.40. The van der Waals surface area contributed by atoms with E-state index >= 15 is 0 Å². The summed E-state index contributed by atoms with van der Waals surface area (Å²) >= 11 is 0. The van der Waals surface area contributed by atoms with Crippen molar-refractivity contribution >= 4 is 7.41 Å². The lowest BCUT2D eigenvalue weighted by Gasteiger charge is -2.37. The highest BCUT2D eigenvalue weighted by molar-refractivity contribution is 6.29. The van der Waals surface area contributed by atoms with Gasteiger partial charge in [0, 0.05) is 19.1 Å². The van der Waals surface area contributed by atoms with E-state index in [1.54, 1.807) is 0 Å². The second-order valence-corrected chi connectivity index (χ2v) is 3.08. The third-order valence-corrected chi connectivity index (χ3v) is 2.36. The van der Waals surface area contributed by atoms with E-state index < -0.39 is 0 Å². The van der Waals surface area contributed by atoms with Crippen LogP contribution in [0.1, 0.15) is 6.92 Å². The second kappa shape index (κ2) is 3.40. The Bertz CT molecular complexity index is 108. The van der Waals surface area contributed by atoms with Gasteiger partial charge in [0.05, 0.1) is 0 Å². The van der Waals surface area contributed by atoms with E-state index in [4.69, 9.17) is 0 Å². The first-order valence-electron chi connectivity index (χ1n) is 3.98. The maximum Gasteiger partial charge on any atom is 0.205 e. The summed E-state index contributed by atoms with van der Waals surface area (Å²) in [6.45, 7) is 7.96. The van der Waals surface area contributed by atoms with Crippen LogP contribution >= 0.6 is 0 Å². The molecule has 0 N–H and O–H groups in total. The Morgan fingerprint density at radius 2 is 2.10 bits per heavy atom. The zero-order chi connectivity index (χ0) is 7.56. The first-order valence-corrected chi connectivity index (χ1v) is 3.98. The number of rotatable bonds is 1. The topological polar surface area (TPSA) is 6.48 Å². The number of nitrogens with zero attached hydrogens (tertiary/aromatic N) is 2. The monoisotopic (exact) mass is 139 g/mol. The molecule has 1 fully saturated rings. The smallest absolute Gasteiger partial charge is 0.205 e. The van der Waals surface area contributed by atoms with Crippen molar-refractivity contribution in [1.82, 2.24) is 9.71 Å². The predicted molar refractivity (Wildman–Crippen MR) is 45.3 cm³/mol. The maximum atomic E-state index is 2.40. The van der Waals surface area contributed by atoms with E-state index in [-0.39, 0.29) is 0 Å². The number of hydrogen-bond donors (Lipinski definition) is 0. The molecule has 1 heterocycles. The van der Waals surface area contributed by atoms with Crippen LogP contribution in [0.4, 0.5) is 0 Å². The van der Waals surface area contributed by atoms with Crippen LogP contribution in [-0.4, -0.2) is 49.8 Å². The van der Waals surface area contributed by atoms with Crippen LogP contribution < -0.4 is 0 Å². The fraction of sp³-hybridized carbons (Fsp3) is 1.00. The van der Waals surface area contributed by atoms with Gasteiger partial charge in [-0.15, -0.1) is 0 Å². The van der Waals surface area contributed by atoms with Gasteiger partial charge in [-0.25, -0.2) is 0 Å². The molecule has 10 heavy (non-hydrogen) atoms. The highest BCUT2D eigenvalue weighted by Crippen LogP contribution is 2.04. The van der Waals surface area contributed by atoms with Gasteiger partial charge in [-0.3, -0.25) is 0 Å². The van der Waals surface area contributed by atoms with Crippen molar-refractivity contribution in [3.05, 3.63) is 0 Å². The fourth-order valence-corrected chi connectivity index (χ4v) is 1.31. The van der Waals surface area contributed by atoms with Crippen LogP contribution in [0.25, 0.3) is 0 Å². The van der Waals surface area contributed by atoms with Gasteiger partial charge in [0.15, 0.2) is 0 Å². The third kappa shape index (κ3) is 1.73. The van der Waals surface area contributed by atoms with Crippen molar-refractivity contribution in [3.8, 4) is 0 Å². The largest absolute Gasteiger partial charge is 0.344 e. The molecule has 1 aliphatic heterocycles. The zero-order valence-corrected chi connectivity index (χ0v) is 7.17. The Morgan fingerprint density at radius 3 is 2.60 bits per heavy atom. The molecule has 0 aromatic heterocycles. The molecule has 0 saturated carbocycles. The lowest BCUT2D eigenvalue weighted by Crippen LogP contribution is -2.50. The highest BCUT2D eigenvalue weighted by Gasteiger charge is 2.18. The Morgan fingerprint density at radius 1 is 1.40 bits per heavy atom. The predicted octanol–water partition coefficient (Wildman–Crippen LogP) is 0.290. The molecule has 1 unspecified atom stereocenters. The molecule has 3 heteroatoms. The van der Waals surface area contributed by atoms with Gasteiger partial charge in [-0.2, -0.15) is 0 Å². The highest BCUT2D eigenvalue weighted by atomic mass is 15.2. The van der Waals surface area contributed by atoms with Crippen LogP contribution in [0, 0.1) is 0 Å². The summed E-state index contributed by atoms with van der Waals surface area (Å²) in [5.74, 6) is 0. The van der Waals surface area contributed by atoms with Crippen molar-refractivity contribution < 1.29 is 0 Å². The molecule has 1 saturated heterocycles. The van der Waals surface area contributed by atoms with E-state index in [9.17, 15) is 0 Å². The molecule has 0 aliphatic carbocycles. The average Bonchev–Trinajstić information content (AvgIpc) is 1.95. The minimum Gasteiger partial charge on any atom is -0.344 e. The fourth-order valence-electron chi connectivity index (χ4n) is 1.31. The van der Waals surface area contributed by atoms with Crippen LogP contribution in [0.5, 0.6) is 0 Å². The van der Waals surface area contributed by atoms with Crippen molar-refractivity contribution in [1.29, 1.82) is 0 Å². The van der Waals surface area contributed by atoms with Crippen molar-refractivity contribution in [2.45, 2.75) is 19.8 Å². The van der Waals surface area contributed by atoms with E-state index in [1.165, 1.54) is 19.6 Å². The molecule has 1 rings (SSSR count). The Balaban J connectivity index is 2.33. The summed E-state index contributed by atoms with van der Waals surface area (Å²) in [5, 5.41) is 0. The van der Waals surface area contributed by atoms with Gasteiger partial charge >= 0.3 is 0 Å². The molecule has 0 aromatic rings. The van der Waals surface area contributed by atoms with Gasteiger partial charge in [0.25, 0.3) is 0 Å². The summed E-state index contributed by atoms with van der Waals surface area (Å²) in [6.07, 6.45) is 0. The molecule has 0 amide bonds. The standard InChI is InChI=1S/C7H16BN2/c1-7-6-10(8-2)5-4-9(7)3/h7H,4-6H2,1-3H3. The second-order valence-electron chi connectivity index (χ2n) is 3.08. The average molecular weight is 139 g/mol. The first kappa shape index (κ1) is 8.09. The molecule has 0 aromatic carbocycles. The lowest BCUT2D eigenvalue weighted by atomic mass is 9.93. The Labute approximate surface area is 64.5 Å². The first-order chi connectivity index (χ1) is 4.74. The third-order valence-electron chi connectivity index (χ3n) is 2.36. The zero-order valence-electron chi connectivity index (χ0n) is 7.17. The molecule has 0 spiro atoms. The van der Waals surface area contributed by atoms with Crippen LogP contribution in [-0.2, 0) is 0 Å². The van der Waals surface area contributed by atoms with E-state index in [2.05, 4.69) is 37.9 Å². The number of likely N-dealkylation sites (N-methyl/N-ethyl adjacent to an activating group) is 1. The molecule has 57 valence electrons. The minimum atomic E-state index is 0.713. The van der Waals surface area contributed by atoms with Gasteiger partial charge in [-0.05, 0) is 20.5 Å². The SMILES string of the molecule is C[B]N1CCN(C)C(C)C1. The molecule has 1 aliphatic rings. The van der Waals surface area contributed by atoms with Crippen molar-refractivity contribution in [3.63, 3.8) is 0 Å². The van der Waals surface area contributed by atoms with Gasteiger partial charge < -0.3 is 9.71 Å². The van der Waals surface area contributed by atoms with Crippen molar-refractivity contribution in [2.24, 2.45) is 0 Å². The van der Waals surface area contributed by atoms with Crippen molar-refractivity contribution in [2.75, 3.05) is 26.7 Å². The summed E-state index contributed by atoms with van der Waals surface area (Å²) in [7, 11) is 4.38. The summed E-state index contributed by atoms with van der Waals surface area (Å²) < 4.78 is 0. The normalized spacial score (nSPS) is 30.5. The van der Waals surface area contributed by atoms with E-state index in [0.717, 1.165) is 0 Å². The van der Waals surface area contributed by atoms with E-state index in [0.29, 0.717) is 6.04 Å². The molecule has 1 atom stereocenters. The van der Waals surface area contributed by atoms with E-state index in [1.807, 2.05) is 0 Å². The van der Waals surface area contributed by atoms with Gasteiger partial charge in [-0.1, -0.05) is 6.82 Å². The summed E-state index contributed by atoms with van der Waals surface area (Å²) in [4.78, 5) is 4.78. The Kier molecular flexibility index (Phi) is 2.75. The van der Waals surface area contributed by atoms with Crippen LogP contribution in [0.2, 0.25) is 6.82 Å². The lowest BCUT2D eigenvalue weighted by molar-refractivity contribution is 0.160. The molecular formula is C7H16BN2. The number of piperazine rings is 1. The molecule has 2 nitrogen and oxygen atoms in total. The van der Waals surface area contributed by atoms with Gasteiger partial charge in [0.2, 0.25) is 7.41 Å². The molecule has 0 bridgehead atoms. The summed E-state index contributed by atoms with van der Waals surface area (Å²) in [6, 6.07) is 0.713. The quantitative estimate of drug-likeness (QED) is 0.481. The molecule has 1 radical (unpaired) electrons. The number of hydrogen-bond acceptors (Lipinski definition) is 2. The molecular weight excluding hydrogens is 123 g/mol.